The molecule has 1 aliphatic heterocycles. The van der Waals surface area contributed by atoms with Crippen molar-refractivity contribution in [3.05, 3.63) is 29.3 Å². The number of amides is 4. The molecule has 8 heteroatoms. The zero-order valence-electron chi connectivity index (χ0n) is 17.6. The summed E-state index contributed by atoms with van der Waals surface area (Å²) in [6, 6.07) is 4.96. The highest BCUT2D eigenvalue weighted by Crippen LogP contribution is 2.24. The quantitative estimate of drug-likeness (QED) is 0.513. The van der Waals surface area contributed by atoms with E-state index in [0.29, 0.717) is 18.0 Å². The molecule has 2 N–H and O–H groups in total. The summed E-state index contributed by atoms with van der Waals surface area (Å²) in [5.41, 5.74) is 1.58. The van der Waals surface area contributed by atoms with Crippen LogP contribution in [0.15, 0.2) is 18.2 Å². The highest BCUT2D eigenvalue weighted by Gasteiger charge is 2.48. The highest BCUT2D eigenvalue weighted by atomic mass is 16.5. The Labute approximate surface area is 171 Å². The van der Waals surface area contributed by atoms with Crippen LogP contribution in [0, 0.1) is 19.8 Å². The van der Waals surface area contributed by atoms with E-state index in [9.17, 15) is 19.2 Å². The first-order valence-electron chi connectivity index (χ1n) is 9.68. The van der Waals surface area contributed by atoms with Crippen molar-refractivity contribution in [2.45, 2.75) is 53.0 Å². The van der Waals surface area contributed by atoms with E-state index in [4.69, 9.17) is 4.74 Å². The lowest BCUT2D eigenvalue weighted by molar-refractivity contribution is -0.150. The number of nitrogens with one attached hydrogen (secondary N) is 2. The summed E-state index contributed by atoms with van der Waals surface area (Å²) in [5.74, 6) is -1.40. The molecule has 0 radical (unpaired) electrons. The fraction of sp³-hybridized carbons (Fsp3) is 0.524. The smallest absolute Gasteiger partial charge is 0.326 e. The number of imide groups is 1. The number of urea groups is 1. The molecule has 0 unspecified atom stereocenters. The van der Waals surface area contributed by atoms with Gasteiger partial charge in [0.15, 0.2) is 6.61 Å². The van der Waals surface area contributed by atoms with E-state index in [1.54, 1.807) is 19.1 Å². The third-order valence-electron chi connectivity index (χ3n) is 4.72. The molecule has 2 rings (SSSR count). The first-order chi connectivity index (χ1) is 13.5. The molecule has 0 aromatic heterocycles. The minimum absolute atomic E-state index is 0.381. The van der Waals surface area contributed by atoms with Crippen molar-refractivity contribution in [2.75, 3.05) is 18.5 Å². The van der Waals surface area contributed by atoms with Crippen molar-refractivity contribution in [3.8, 4) is 0 Å². The number of anilines is 1. The van der Waals surface area contributed by atoms with E-state index in [2.05, 4.69) is 10.6 Å². The molecule has 0 spiro atoms. The molecular formula is C21H29N3O5. The van der Waals surface area contributed by atoms with Gasteiger partial charge in [0.25, 0.3) is 11.8 Å². The summed E-state index contributed by atoms with van der Waals surface area (Å²) in [6.45, 7) is 8.51. The lowest BCUT2D eigenvalue weighted by atomic mass is 9.92. The van der Waals surface area contributed by atoms with Gasteiger partial charge in [-0.1, -0.05) is 19.9 Å². The molecule has 158 valence electrons. The van der Waals surface area contributed by atoms with Crippen LogP contribution in [0.1, 0.15) is 44.7 Å². The SMILES string of the molecule is Cc1cc(C)cc(NC(=O)COC(=O)CN2C(=O)N[C@@](C)(CCC(C)C)C2=O)c1. The molecule has 1 aromatic rings. The van der Waals surface area contributed by atoms with Crippen molar-refractivity contribution in [3.63, 3.8) is 0 Å². The van der Waals surface area contributed by atoms with Crippen LogP contribution in [0.4, 0.5) is 10.5 Å². The van der Waals surface area contributed by atoms with Crippen LogP contribution in [0.25, 0.3) is 0 Å². The number of carbonyl (C=O) groups is 4. The zero-order chi connectivity index (χ0) is 21.8. The normalized spacial score (nSPS) is 18.8. The predicted molar refractivity (Wildman–Crippen MR) is 108 cm³/mol. The van der Waals surface area contributed by atoms with Gasteiger partial charge in [0.05, 0.1) is 0 Å². The Hall–Kier alpha value is -2.90. The fourth-order valence-electron chi connectivity index (χ4n) is 3.20. The number of hydrogen-bond donors (Lipinski definition) is 2. The number of nitrogens with zero attached hydrogens (tertiary/aromatic N) is 1. The fourth-order valence-corrected chi connectivity index (χ4v) is 3.20. The summed E-state index contributed by atoms with van der Waals surface area (Å²) in [6.07, 6.45) is 1.25. The molecule has 1 atom stereocenters. The Morgan fingerprint density at radius 1 is 1.17 bits per heavy atom. The maximum Gasteiger partial charge on any atom is 0.326 e. The van der Waals surface area contributed by atoms with Crippen LogP contribution in [0.3, 0.4) is 0 Å². The van der Waals surface area contributed by atoms with Gasteiger partial charge >= 0.3 is 12.0 Å². The number of aryl methyl sites for hydroxylation is 2. The third-order valence-corrected chi connectivity index (χ3v) is 4.72. The van der Waals surface area contributed by atoms with Gasteiger partial charge in [-0.2, -0.15) is 0 Å². The van der Waals surface area contributed by atoms with Crippen LogP contribution < -0.4 is 10.6 Å². The van der Waals surface area contributed by atoms with E-state index in [-0.39, 0.29) is 0 Å². The maximum absolute atomic E-state index is 12.6. The van der Waals surface area contributed by atoms with E-state index < -0.39 is 42.5 Å². The van der Waals surface area contributed by atoms with Gasteiger partial charge < -0.3 is 15.4 Å². The monoisotopic (exact) mass is 403 g/mol. The lowest BCUT2D eigenvalue weighted by Gasteiger charge is -2.22. The summed E-state index contributed by atoms with van der Waals surface area (Å²) < 4.78 is 4.94. The molecule has 0 aliphatic carbocycles. The standard InChI is InChI=1S/C21H29N3O5/c1-13(2)6-7-21(5)19(27)24(20(28)23-21)11-18(26)29-12-17(25)22-16-9-14(3)8-15(4)10-16/h8-10,13H,6-7,11-12H2,1-5H3,(H,22,25)(H,23,28)/t21-/m0/s1. The number of rotatable bonds is 8. The number of ether oxygens (including phenoxy) is 1. The molecule has 1 fully saturated rings. The second-order valence-corrected chi connectivity index (χ2v) is 8.17. The highest BCUT2D eigenvalue weighted by molar-refractivity contribution is 6.08. The average molecular weight is 403 g/mol. The van der Waals surface area contributed by atoms with Gasteiger partial charge in [0, 0.05) is 5.69 Å². The van der Waals surface area contributed by atoms with Gasteiger partial charge in [-0.3, -0.25) is 19.3 Å². The van der Waals surface area contributed by atoms with Gasteiger partial charge in [-0.05, 0) is 62.8 Å². The molecular weight excluding hydrogens is 374 g/mol. The molecule has 1 saturated heterocycles. The predicted octanol–water partition coefficient (Wildman–Crippen LogP) is 2.53. The first kappa shape index (κ1) is 22.4. The molecule has 4 amide bonds. The Morgan fingerprint density at radius 2 is 1.79 bits per heavy atom. The van der Waals surface area contributed by atoms with Crippen molar-refractivity contribution >= 4 is 29.5 Å². The molecule has 1 heterocycles. The Kier molecular flexibility index (Phi) is 7.00. The van der Waals surface area contributed by atoms with Gasteiger partial charge in [-0.25, -0.2) is 4.79 Å². The lowest BCUT2D eigenvalue weighted by Crippen LogP contribution is -2.44. The molecule has 0 bridgehead atoms. The Balaban J connectivity index is 1.86. The number of esters is 1. The van der Waals surface area contributed by atoms with Crippen molar-refractivity contribution in [1.82, 2.24) is 10.2 Å². The van der Waals surface area contributed by atoms with Crippen LogP contribution in [-0.4, -0.2) is 47.4 Å². The minimum Gasteiger partial charge on any atom is -0.454 e. The number of hydrogen-bond acceptors (Lipinski definition) is 5. The maximum atomic E-state index is 12.6. The topological polar surface area (TPSA) is 105 Å². The van der Waals surface area contributed by atoms with Gasteiger partial charge in [0.1, 0.15) is 12.1 Å². The van der Waals surface area contributed by atoms with E-state index in [1.165, 1.54) is 0 Å². The van der Waals surface area contributed by atoms with Gasteiger partial charge in [0.2, 0.25) is 0 Å². The molecule has 29 heavy (non-hydrogen) atoms. The average Bonchev–Trinajstić information content (AvgIpc) is 2.81. The summed E-state index contributed by atoms with van der Waals surface area (Å²) in [4.78, 5) is 49.6. The molecule has 1 aromatic carbocycles. The van der Waals surface area contributed by atoms with E-state index in [1.807, 2.05) is 33.8 Å². The second-order valence-electron chi connectivity index (χ2n) is 8.17. The number of carbonyl (C=O) groups excluding carboxylic acids is 4. The van der Waals surface area contributed by atoms with Gasteiger partial charge in [-0.15, -0.1) is 0 Å². The van der Waals surface area contributed by atoms with Crippen molar-refractivity contribution < 1.29 is 23.9 Å². The zero-order valence-corrected chi connectivity index (χ0v) is 17.6. The molecule has 1 aliphatic rings. The summed E-state index contributed by atoms with van der Waals surface area (Å²) >= 11 is 0. The second kappa shape index (κ2) is 9.07. The van der Waals surface area contributed by atoms with Crippen molar-refractivity contribution in [2.24, 2.45) is 5.92 Å². The summed E-state index contributed by atoms with van der Waals surface area (Å²) in [5, 5.41) is 5.30. The van der Waals surface area contributed by atoms with Crippen LogP contribution >= 0.6 is 0 Å². The van der Waals surface area contributed by atoms with E-state index in [0.717, 1.165) is 22.4 Å². The minimum atomic E-state index is -1.03. The largest absolute Gasteiger partial charge is 0.454 e. The summed E-state index contributed by atoms with van der Waals surface area (Å²) in [7, 11) is 0. The van der Waals surface area contributed by atoms with Crippen LogP contribution in [-0.2, 0) is 19.1 Å². The van der Waals surface area contributed by atoms with Crippen LogP contribution in [0.2, 0.25) is 0 Å². The number of benzene rings is 1. The molecule has 8 nitrogen and oxygen atoms in total. The third kappa shape index (κ3) is 6.04. The Morgan fingerprint density at radius 3 is 2.38 bits per heavy atom. The molecule has 0 saturated carbocycles. The van der Waals surface area contributed by atoms with Crippen LogP contribution in [0.5, 0.6) is 0 Å². The Bertz CT molecular complexity index is 800. The first-order valence-corrected chi connectivity index (χ1v) is 9.68. The van der Waals surface area contributed by atoms with Crippen molar-refractivity contribution in [1.29, 1.82) is 0 Å². The van der Waals surface area contributed by atoms with E-state index >= 15 is 0 Å².